The van der Waals surface area contributed by atoms with Gasteiger partial charge in [-0.2, -0.15) is 0 Å². The first-order chi connectivity index (χ1) is 16.5. The molecular formula is C26H29ClN4O3. The summed E-state index contributed by atoms with van der Waals surface area (Å²) in [6.07, 6.45) is 5.95. The van der Waals surface area contributed by atoms with Crippen molar-refractivity contribution in [2.24, 2.45) is 0 Å². The number of likely N-dealkylation sites (tertiary alicyclic amines) is 1. The zero-order chi connectivity index (χ0) is 23.7. The smallest absolute Gasteiger partial charge is 0.253 e. The third-order valence-electron chi connectivity index (χ3n) is 6.95. The van der Waals surface area contributed by atoms with Gasteiger partial charge in [-0.25, -0.2) is 0 Å². The minimum absolute atomic E-state index is 0.0127. The van der Waals surface area contributed by atoms with Crippen LogP contribution in [0.15, 0.2) is 42.5 Å². The molecule has 1 atom stereocenters. The number of carbonyl (C=O) groups is 3. The van der Waals surface area contributed by atoms with E-state index in [-0.39, 0.29) is 30.3 Å². The molecule has 3 aliphatic heterocycles. The third kappa shape index (κ3) is 4.49. The number of halogens is 1. The fourth-order valence-electron chi connectivity index (χ4n) is 5.21. The average molecular weight is 481 g/mol. The number of piperidine rings is 2. The molecule has 178 valence electrons. The minimum Gasteiger partial charge on any atom is -0.358 e. The normalized spacial score (nSPS) is 20.0. The summed E-state index contributed by atoms with van der Waals surface area (Å²) >= 11 is 5.94. The van der Waals surface area contributed by atoms with Crippen LogP contribution in [0.1, 0.15) is 48.9 Å². The van der Waals surface area contributed by atoms with Crippen molar-refractivity contribution in [3.8, 4) is 0 Å². The summed E-state index contributed by atoms with van der Waals surface area (Å²) in [7, 11) is 0. The quantitative estimate of drug-likeness (QED) is 0.707. The van der Waals surface area contributed by atoms with Gasteiger partial charge in [-0.05, 0) is 81.0 Å². The molecule has 2 saturated heterocycles. The molecule has 34 heavy (non-hydrogen) atoms. The van der Waals surface area contributed by atoms with Crippen LogP contribution in [0.4, 0.5) is 17.1 Å². The second-order valence-electron chi connectivity index (χ2n) is 9.24. The molecule has 2 aromatic carbocycles. The Hall–Kier alpha value is -3.06. The monoisotopic (exact) mass is 480 g/mol. The van der Waals surface area contributed by atoms with Crippen LogP contribution in [-0.4, -0.2) is 54.8 Å². The molecule has 0 radical (unpaired) electrons. The topological polar surface area (TPSA) is 73.0 Å². The Morgan fingerprint density at radius 2 is 1.65 bits per heavy atom. The summed E-state index contributed by atoms with van der Waals surface area (Å²) < 4.78 is 0. The van der Waals surface area contributed by atoms with Crippen LogP contribution in [0.2, 0.25) is 5.02 Å². The summed E-state index contributed by atoms with van der Waals surface area (Å²) in [5.41, 5.74) is 2.73. The van der Waals surface area contributed by atoms with E-state index in [4.69, 9.17) is 11.6 Å². The molecule has 0 aliphatic carbocycles. The van der Waals surface area contributed by atoms with E-state index in [0.717, 1.165) is 63.8 Å². The van der Waals surface area contributed by atoms with Crippen molar-refractivity contribution in [3.63, 3.8) is 0 Å². The summed E-state index contributed by atoms with van der Waals surface area (Å²) in [5, 5.41) is 3.43. The largest absolute Gasteiger partial charge is 0.358 e. The van der Waals surface area contributed by atoms with Gasteiger partial charge in [-0.3, -0.25) is 19.3 Å². The summed E-state index contributed by atoms with van der Waals surface area (Å²) in [6, 6.07) is 12.2. The summed E-state index contributed by atoms with van der Waals surface area (Å²) in [5.74, 6) is -0.388. The van der Waals surface area contributed by atoms with Crippen molar-refractivity contribution in [1.29, 1.82) is 0 Å². The van der Waals surface area contributed by atoms with E-state index < -0.39 is 0 Å². The van der Waals surface area contributed by atoms with Crippen LogP contribution >= 0.6 is 11.6 Å². The minimum atomic E-state index is -0.293. The Labute approximate surface area is 204 Å². The van der Waals surface area contributed by atoms with Gasteiger partial charge in [0.25, 0.3) is 5.91 Å². The maximum atomic E-state index is 13.5. The molecule has 7 nitrogen and oxygen atoms in total. The molecule has 0 aromatic heterocycles. The van der Waals surface area contributed by atoms with E-state index in [1.54, 1.807) is 35.2 Å². The number of fused-ring (bicyclic) bond motifs is 3. The van der Waals surface area contributed by atoms with Crippen molar-refractivity contribution in [3.05, 3.63) is 53.1 Å². The number of rotatable bonds is 4. The van der Waals surface area contributed by atoms with Gasteiger partial charge in [0.15, 0.2) is 0 Å². The van der Waals surface area contributed by atoms with Gasteiger partial charge in [0.2, 0.25) is 11.8 Å². The number of anilines is 3. The lowest BCUT2D eigenvalue weighted by atomic mass is 9.95. The third-order valence-corrected chi connectivity index (χ3v) is 7.20. The molecule has 0 bridgehead atoms. The predicted octanol–water partition coefficient (Wildman–Crippen LogP) is 4.31. The van der Waals surface area contributed by atoms with Gasteiger partial charge in [0.05, 0.1) is 11.4 Å². The van der Waals surface area contributed by atoms with Gasteiger partial charge in [-0.1, -0.05) is 11.6 Å². The molecular weight excluding hydrogens is 452 g/mol. The number of hydrogen-bond donors (Lipinski definition) is 1. The van der Waals surface area contributed by atoms with Gasteiger partial charge in [0, 0.05) is 35.9 Å². The molecule has 1 N–H and O–H groups in total. The lowest BCUT2D eigenvalue weighted by Gasteiger charge is -2.45. The Morgan fingerprint density at radius 3 is 2.41 bits per heavy atom. The van der Waals surface area contributed by atoms with E-state index in [1.165, 1.54) is 0 Å². The number of amides is 3. The van der Waals surface area contributed by atoms with Crippen LogP contribution in [0.25, 0.3) is 0 Å². The molecule has 3 heterocycles. The Balaban J connectivity index is 1.44. The highest BCUT2D eigenvalue weighted by molar-refractivity contribution is 6.30. The van der Waals surface area contributed by atoms with Gasteiger partial charge < -0.3 is 15.1 Å². The first kappa shape index (κ1) is 22.7. The molecule has 2 aromatic rings. The van der Waals surface area contributed by atoms with E-state index in [0.29, 0.717) is 22.0 Å². The van der Waals surface area contributed by atoms with E-state index in [9.17, 15) is 14.4 Å². The van der Waals surface area contributed by atoms with Crippen molar-refractivity contribution in [1.82, 2.24) is 4.90 Å². The van der Waals surface area contributed by atoms with Crippen LogP contribution in [0.5, 0.6) is 0 Å². The number of nitrogens with zero attached hydrogens (tertiary/aromatic N) is 3. The molecule has 3 aliphatic rings. The van der Waals surface area contributed by atoms with Gasteiger partial charge in [-0.15, -0.1) is 0 Å². The van der Waals surface area contributed by atoms with Gasteiger partial charge >= 0.3 is 0 Å². The number of nitrogens with one attached hydrogen (secondary N) is 1. The van der Waals surface area contributed by atoms with Crippen LogP contribution < -0.4 is 15.1 Å². The summed E-state index contributed by atoms with van der Waals surface area (Å²) in [4.78, 5) is 45.2. The highest BCUT2D eigenvalue weighted by Gasteiger charge is 2.40. The fourth-order valence-corrected chi connectivity index (χ4v) is 5.34. The zero-order valence-electron chi connectivity index (χ0n) is 19.1. The van der Waals surface area contributed by atoms with E-state index >= 15 is 0 Å². The van der Waals surface area contributed by atoms with Crippen molar-refractivity contribution in [2.75, 3.05) is 41.3 Å². The maximum absolute atomic E-state index is 13.5. The van der Waals surface area contributed by atoms with Crippen LogP contribution in [0.3, 0.4) is 0 Å². The number of hydrogen-bond acceptors (Lipinski definition) is 4. The molecule has 2 fully saturated rings. The van der Waals surface area contributed by atoms with Crippen molar-refractivity contribution < 1.29 is 14.4 Å². The first-order valence-corrected chi connectivity index (χ1v) is 12.5. The Bertz CT molecular complexity index is 1100. The SMILES string of the molecule is O=C(CN1C(=O)[C@H]2CCCCN2c2ccc(C(=O)N3CCCCC3)cc21)Nc1ccc(Cl)cc1. The van der Waals surface area contributed by atoms with Crippen molar-refractivity contribution >= 4 is 46.4 Å². The Kier molecular flexibility index (Phi) is 6.46. The average Bonchev–Trinajstić information content (AvgIpc) is 2.87. The first-order valence-electron chi connectivity index (χ1n) is 12.1. The lowest BCUT2D eigenvalue weighted by molar-refractivity contribution is -0.123. The molecule has 0 spiro atoms. The highest BCUT2D eigenvalue weighted by atomic mass is 35.5. The van der Waals surface area contributed by atoms with Crippen LogP contribution in [0, 0.1) is 0 Å². The highest BCUT2D eigenvalue weighted by Crippen LogP contribution is 2.40. The fraction of sp³-hybridized carbons (Fsp3) is 0.423. The number of carbonyl (C=O) groups excluding carboxylic acids is 3. The maximum Gasteiger partial charge on any atom is 0.253 e. The van der Waals surface area contributed by atoms with Gasteiger partial charge in [0.1, 0.15) is 12.6 Å². The van der Waals surface area contributed by atoms with Crippen molar-refractivity contribution in [2.45, 2.75) is 44.6 Å². The molecule has 8 heteroatoms. The Morgan fingerprint density at radius 1 is 0.912 bits per heavy atom. The number of benzene rings is 2. The van der Waals surface area contributed by atoms with E-state index in [1.807, 2.05) is 17.0 Å². The second kappa shape index (κ2) is 9.66. The van der Waals surface area contributed by atoms with E-state index in [2.05, 4.69) is 10.2 Å². The standard InChI is InChI=1S/C26H29ClN4O3/c27-19-8-10-20(11-9-19)28-24(32)17-31-23-16-18(25(33)29-13-3-1-4-14-29)7-12-21(23)30-15-5-2-6-22(30)26(31)34/h7-12,16,22H,1-6,13-15,17H2,(H,28,32)/t22-/m1/s1. The molecule has 0 unspecified atom stereocenters. The zero-order valence-corrected chi connectivity index (χ0v) is 19.9. The molecule has 0 saturated carbocycles. The van der Waals surface area contributed by atoms with Crippen LogP contribution in [-0.2, 0) is 9.59 Å². The summed E-state index contributed by atoms with van der Waals surface area (Å²) in [6.45, 7) is 2.21. The lowest BCUT2D eigenvalue weighted by Crippen LogP contribution is -2.56. The predicted molar refractivity (Wildman–Crippen MR) is 134 cm³/mol. The molecule has 3 amide bonds. The second-order valence-corrected chi connectivity index (χ2v) is 9.68. The molecule has 5 rings (SSSR count).